The van der Waals surface area contributed by atoms with Gasteiger partial charge in [0.1, 0.15) is 0 Å². The van der Waals surface area contributed by atoms with Crippen LogP contribution in [0.3, 0.4) is 0 Å². The zero-order valence-corrected chi connectivity index (χ0v) is 14.4. The fraction of sp³-hybridized carbons (Fsp3) is 0.0476. The highest BCUT2D eigenvalue weighted by Crippen LogP contribution is 2.22. The minimum Gasteiger partial charge on any atom is -0.321 e. The molecule has 25 heavy (non-hydrogen) atoms. The zero-order chi connectivity index (χ0) is 17.8. The van der Waals surface area contributed by atoms with E-state index in [-0.39, 0.29) is 11.7 Å². The van der Waals surface area contributed by atoms with Gasteiger partial charge in [-0.05, 0) is 37.3 Å². The molecule has 0 unspecified atom stereocenters. The molecule has 0 saturated carbocycles. The van der Waals surface area contributed by atoms with Crippen molar-refractivity contribution in [2.75, 3.05) is 5.32 Å². The summed E-state index contributed by atoms with van der Waals surface area (Å²) in [6, 6.07) is 21.1. The standard InChI is InChI=1S/C21H16ClNO2/c1-14-10-11-19(23-21(25)16-8-5-9-17(22)13-16)18(12-14)20(24)15-6-3-2-4-7-15/h2-13H,1H3,(H,23,25). The van der Waals surface area contributed by atoms with Gasteiger partial charge in [-0.15, -0.1) is 0 Å². The van der Waals surface area contributed by atoms with Crippen molar-refractivity contribution in [2.45, 2.75) is 6.92 Å². The average molecular weight is 350 g/mol. The summed E-state index contributed by atoms with van der Waals surface area (Å²) >= 11 is 5.94. The van der Waals surface area contributed by atoms with E-state index in [9.17, 15) is 9.59 Å². The number of aryl methyl sites for hydroxylation is 1. The van der Waals surface area contributed by atoms with Gasteiger partial charge in [-0.2, -0.15) is 0 Å². The second kappa shape index (κ2) is 7.32. The Labute approximate surface area is 151 Å². The quantitative estimate of drug-likeness (QED) is 0.663. The van der Waals surface area contributed by atoms with E-state index in [1.165, 1.54) is 0 Å². The smallest absolute Gasteiger partial charge is 0.255 e. The van der Waals surface area contributed by atoms with Crippen LogP contribution in [0.2, 0.25) is 5.02 Å². The molecule has 0 saturated heterocycles. The third-order valence-electron chi connectivity index (χ3n) is 3.79. The Kier molecular flexibility index (Phi) is 4.96. The van der Waals surface area contributed by atoms with Crippen molar-refractivity contribution in [3.63, 3.8) is 0 Å². The van der Waals surface area contributed by atoms with Crippen molar-refractivity contribution in [1.29, 1.82) is 0 Å². The number of amides is 1. The van der Waals surface area contributed by atoms with Gasteiger partial charge >= 0.3 is 0 Å². The van der Waals surface area contributed by atoms with Crippen LogP contribution in [0, 0.1) is 6.92 Å². The summed E-state index contributed by atoms with van der Waals surface area (Å²) in [6.07, 6.45) is 0. The monoisotopic (exact) mass is 349 g/mol. The molecule has 0 aromatic heterocycles. The summed E-state index contributed by atoms with van der Waals surface area (Å²) in [5, 5.41) is 3.30. The lowest BCUT2D eigenvalue weighted by Gasteiger charge is -2.12. The number of rotatable bonds is 4. The number of anilines is 1. The molecule has 0 atom stereocenters. The van der Waals surface area contributed by atoms with Gasteiger partial charge in [0.05, 0.1) is 5.69 Å². The fourth-order valence-electron chi connectivity index (χ4n) is 2.52. The number of carbonyl (C=O) groups excluding carboxylic acids is 2. The molecular formula is C21H16ClNO2. The van der Waals surface area contributed by atoms with Crippen molar-refractivity contribution in [3.8, 4) is 0 Å². The van der Waals surface area contributed by atoms with Crippen LogP contribution in [0.15, 0.2) is 72.8 Å². The normalized spacial score (nSPS) is 10.3. The molecule has 3 nitrogen and oxygen atoms in total. The van der Waals surface area contributed by atoms with Crippen LogP contribution in [0.4, 0.5) is 5.69 Å². The molecular weight excluding hydrogens is 334 g/mol. The Morgan fingerprint density at radius 3 is 2.28 bits per heavy atom. The van der Waals surface area contributed by atoms with Crippen molar-refractivity contribution >= 4 is 29.0 Å². The van der Waals surface area contributed by atoms with Crippen LogP contribution >= 0.6 is 11.6 Å². The van der Waals surface area contributed by atoms with Crippen LogP contribution in [-0.4, -0.2) is 11.7 Å². The minimum absolute atomic E-state index is 0.134. The summed E-state index contributed by atoms with van der Waals surface area (Å²) in [5.74, 6) is -0.445. The SMILES string of the molecule is Cc1ccc(NC(=O)c2cccc(Cl)c2)c(C(=O)c2ccccc2)c1. The maximum atomic E-state index is 12.8. The van der Waals surface area contributed by atoms with Crippen molar-refractivity contribution < 1.29 is 9.59 Å². The molecule has 0 fully saturated rings. The predicted molar refractivity (Wildman–Crippen MR) is 100 cm³/mol. The van der Waals surface area contributed by atoms with Gasteiger partial charge in [-0.25, -0.2) is 0 Å². The highest BCUT2D eigenvalue weighted by molar-refractivity contribution is 6.31. The maximum Gasteiger partial charge on any atom is 0.255 e. The summed E-state index contributed by atoms with van der Waals surface area (Å²) in [5.41, 5.74) is 2.89. The van der Waals surface area contributed by atoms with E-state index in [2.05, 4.69) is 5.32 Å². The Bertz CT molecular complexity index is 936. The lowest BCUT2D eigenvalue weighted by atomic mass is 9.99. The topological polar surface area (TPSA) is 46.2 Å². The summed E-state index contributed by atoms with van der Waals surface area (Å²) in [6.45, 7) is 1.91. The summed E-state index contributed by atoms with van der Waals surface area (Å²) in [7, 11) is 0. The Hall–Kier alpha value is -2.91. The molecule has 0 aliphatic carbocycles. The number of hydrogen-bond acceptors (Lipinski definition) is 2. The molecule has 3 aromatic carbocycles. The van der Waals surface area contributed by atoms with Crippen LogP contribution in [0.25, 0.3) is 0 Å². The molecule has 0 bridgehead atoms. The first kappa shape index (κ1) is 16.9. The lowest BCUT2D eigenvalue weighted by molar-refractivity contribution is 0.102. The molecule has 3 aromatic rings. The van der Waals surface area contributed by atoms with Gasteiger partial charge in [0.25, 0.3) is 5.91 Å². The van der Waals surface area contributed by atoms with Gasteiger partial charge in [0, 0.05) is 21.7 Å². The third-order valence-corrected chi connectivity index (χ3v) is 4.03. The molecule has 1 N–H and O–H groups in total. The lowest BCUT2D eigenvalue weighted by Crippen LogP contribution is -2.15. The number of ketones is 1. The third kappa shape index (κ3) is 3.95. The molecule has 4 heteroatoms. The number of carbonyl (C=O) groups is 2. The summed E-state index contributed by atoms with van der Waals surface area (Å²) < 4.78 is 0. The van der Waals surface area contributed by atoms with Crippen molar-refractivity contribution in [1.82, 2.24) is 0 Å². The molecule has 124 valence electrons. The molecule has 0 heterocycles. The zero-order valence-electron chi connectivity index (χ0n) is 13.6. The van der Waals surface area contributed by atoms with E-state index in [0.29, 0.717) is 27.4 Å². The van der Waals surface area contributed by atoms with Crippen LogP contribution in [0.1, 0.15) is 31.8 Å². The first-order chi connectivity index (χ1) is 12.0. The Balaban J connectivity index is 1.94. The van der Waals surface area contributed by atoms with Gasteiger partial charge in [-0.3, -0.25) is 9.59 Å². The summed E-state index contributed by atoms with van der Waals surface area (Å²) in [4.78, 5) is 25.3. The van der Waals surface area contributed by atoms with E-state index >= 15 is 0 Å². The van der Waals surface area contributed by atoms with Crippen LogP contribution in [0.5, 0.6) is 0 Å². The number of halogens is 1. The van der Waals surface area contributed by atoms with E-state index in [0.717, 1.165) is 5.56 Å². The van der Waals surface area contributed by atoms with Crippen LogP contribution in [-0.2, 0) is 0 Å². The average Bonchev–Trinajstić information content (AvgIpc) is 2.63. The second-order valence-corrected chi connectivity index (χ2v) is 6.15. The van der Waals surface area contributed by atoms with Crippen molar-refractivity contribution in [3.05, 3.63) is 100 Å². The van der Waals surface area contributed by atoms with E-state index < -0.39 is 0 Å². The Morgan fingerprint density at radius 1 is 0.840 bits per heavy atom. The highest BCUT2D eigenvalue weighted by Gasteiger charge is 2.16. The van der Waals surface area contributed by atoms with E-state index in [1.807, 2.05) is 31.2 Å². The van der Waals surface area contributed by atoms with Gasteiger partial charge in [0.15, 0.2) is 5.78 Å². The van der Waals surface area contributed by atoms with Crippen molar-refractivity contribution in [2.24, 2.45) is 0 Å². The highest BCUT2D eigenvalue weighted by atomic mass is 35.5. The molecule has 0 aliphatic rings. The molecule has 0 aliphatic heterocycles. The van der Waals surface area contributed by atoms with E-state index in [1.54, 1.807) is 48.5 Å². The number of hydrogen-bond donors (Lipinski definition) is 1. The molecule has 3 rings (SSSR count). The second-order valence-electron chi connectivity index (χ2n) is 5.71. The Morgan fingerprint density at radius 2 is 1.56 bits per heavy atom. The van der Waals surface area contributed by atoms with E-state index in [4.69, 9.17) is 11.6 Å². The van der Waals surface area contributed by atoms with Gasteiger partial charge < -0.3 is 5.32 Å². The number of benzene rings is 3. The molecule has 1 amide bonds. The molecule has 0 radical (unpaired) electrons. The first-order valence-electron chi connectivity index (χ1n) is 7.82. The van der Waals surface area contributed by atoms with Gasteiger partial charge in [0.2, 0.25) is 0 Å². The first-order valence-corrected chi connectivity index (χ1v) is 8.20. The largest absolute Gasteiger partial charge is 0.321 e. The van der Waals surface area contributed by atoms with Gasteiger partial charge in [-0.1, -0.05) is 59.6 Å². The predicted octanol–water partition coefficient (Wildman–Crippen LogP) is 5.13. The number of nitrogens with one attached hydrogen (secondary N) is 1. The fourth-order valence-corrected chi connectivity index (χ4v) is 2.71. The minimum atomic E-state index is -0.312. The molecule has 0 spiro atoms. The maximum absolute atomic E-state index is 12.8. The van der Waals surface area contributed by atoms with Crippen LogP contribution < -0.4 is 5.32 Å².